The highest BCUT2D eigenvalue weighted by molar-refractivity contribution is 5.75. The van der Waals surface area contributed by atoms with Gasteiger partial charge in [0.25, 0.3) is 0 Å². The summed E-state index contributed by atoms with van der Waals surface area (Å²) in [6.45, 7) is 1.02. The van der Waals surface area contributed by atoms with Crippen LogP contribution in [0.4, 0.5) is 0 Å². The molecule has 19 heavy (non-hydrogen) atoms. The van der Waals surface area contributed by atoms with Gasteiger partial charge in [0.15, 0.2) is 5.82 Å². The standard InChI is InChI=1S/C13H17N5O/c14-5-1-3-13(19)16-10-11-4-7-15-12(9-11)18-8-2-6-17-18/h2,4,6-9H,1,3,5,10,14H2,(H,16,19). The maximum atomic E-state index is 11.5. The molecule has 100 valence electrons. The van der Waals surface area contributed by atoms with Crippen molar-refractivity contribution in [1.82, 2.24) is 20.1 Å². The minimum Gasteiger partial charge on any atom is -0.352 e. The van der Waals surface area contributed by atoms with E-state index in [4.69, 9.17) is 5.73 Å². The van der Waals surface area contributed by atoms with E-state index in [1.165, 1.54) is 0 Å². The molecule has 2 aromatic heterocycles. The summed E-state index contributed by atoms with van der Waals surface area (Å²) in [4.78, 5) is 15.7. The van der Waals surface area contributed by atoms with Crippen LogP contribution >= 0.6 is 0 Å². The predicted molar refractivity (Wildman–Crippen MR) is 71.5 cm³/mol. The van der Waals surface area contributed by atoms with Crippen molar-refractivity contribution in [3.8, 4) is 5.82 Å². The monoisotopic (exact) mass is 259 g/mol. The Bertz CT molecular complexity index is 524. The van der Waals surface area contributed by atoms with E-state index in [1.54, 1.807) is 17.1 Å². The van der Waals surface area contributed by atoms with Crippen LogP contribution in [0.5, 0.6) is 0 Å². The quantitative estimate of drug-likeness (QED) is 0.796. The van der Waals surface area contributed by atoms with E-state index in [0.717, 1.165) is 11.4 Å². The van der Waals surface area contributed by atoms with Gasteiger partial charge in [-0.3, -0.25) is 4.79 Å². The lowest BCUT2D eigenvalue weighted by atomic mass is 10.2. The average Bonchev–Trinajstić information content (AvgIpc) is 2.97. The lowest BCUT2D eigenvalue weighted by Gasteiger charge is -2.06. The minimum absolute atomic E-state index is 0.0166. The van der Waals surface area contributed by atoms with Gasteiger partial charge in [0.1, 0.15) is 0 Å². The van der Waals surface area contributed by atoms with Gasteiger partial charge < -0.3 is 11.1 Å². The Kier molecular flexibility index (Phi) is 4.63. The van der Waals surface area contributed by atoms with E-state index in [9.17, 15) is 4.79 Å². The van der Waals surface area contributed by atoms with Gasteiger partial charge in [-0.1, -0.05) is 0 Å². The number of aromatic nitrogens is 3. The lowest BCUT2D eigenvalue weighted by molar-refractivity contribution is -0.121. The molecule has 0 bridgehead atoms. The molecule has 0 saturated heterocycles. The highest BCUT2D eigenvalue weighted by Gasteiger charge is 2.03. The van der Waals surface area contributed by atoms with E-state index in [-0.39, 0.29) is 5.91 Å². The molecule has 2 rings (SSSR count). The molecular weight excluding hydrogens is 242 g/mol. The van der Waals surface area contributed by atoms with E-state index >= 15 is 0 Å². The van der Waals surface area contributed by atoms with Crippen molar-refractivity contribution in [3.05, 3.63) is 42.4 Å². The Balaban J connectivity index is 1.94. The van der Waals surface area contributed by atoms with Crippen LogP contribution < -0.4 is 11.1 Å². The van der Waals surface area contributed by atoms with Gasteiger partial charge in [0.2, 0.25) is 5.91 Å². The summed E-state index contributed by atoms with van der Waals surface area (Å²) in [5.74, 6) is 0.751. The molecule has 1 amide bonds. The zero-order valence-corrected chi connectivity index (χ0v) is 10.6. The molecule has 0 spiro atoms. The molecule has 6 nitrogen and oxygen atoms in total. The predicted octanol–water partition coefficient (Wildman–Crippen LogP) is 0.622. The molecule has 0 saturated carbocycles. The number of carbonyl (C=O) groups is 1. The van der Waals surface area contributed by atoms with Crippen molar-refractivity contribution < 1.29 is 4.79 Å². The molecule has 0 atom stereocenters. The SMILES string of the molecule is NCCCC(=O)NCc1ccnc(-n2cccn2)c1. The zero-order chi connectivity index (χ0) is 13.5. The Morgan fingerprint density at radius 3 is 3.05 bits per heavy atom. The molecule has 0 unspecified atom stereocenters. The lowest BCUT2D eigenvalue weighted by Crippen LogP contribution is -2.23. The van der Waals surface area contributed by atoms with Crippen LogP contribution in [-0.4, -0.2) is 27.2 Å². The molecular formula is C13H17N5O. The van der Waals surface area contributed by atoms with Crippen molar-refractivity contribution >= 4 is 5.91 Å². The van der Waals surface area contributed by atoms with Crippen LogP contribution in [0.15, 0.2) is 36.8 Å². The second kappa shape index (κ2) is 6.65. The first kappa shape index (κ1) is 13.2. The number of rotatable bonds is 6. The van der Waals surface area contributed by atoms with E-state index in [1.807, 2.05) is 24.4 Å². The largest absolute Gasteiger partial charge is 0.352 e. The maximum Gasteiger partial charge on any atom is 0.220 e. The first-order valence-electron chi connectivity index (χ1n) is 6.21. The first-order valence-corrected chi connectivity index (χ1v) is 6.21. The van der Waals surface area contributed by atoms with E-state index < -0.39 is 0 Å². The van der Waals surface area contributed by atoms with Gasteiger partial charge in [-0.05, 0) is 36.7 Å². The van der Waals surface area contributed by atoms with Gasteiger partial charge >= 0.3 is 0 Å². The van der Waals surface area contributed by atoms with Gasteiger partial charge in [-0.15, -0.1) is 0 Å². The number of amides is 1. The zero-order valence-electron chi connectivity index (χ0n) is 10.6. The van der Waals surface area contributed by atoms with Crippen molar-refractivity contribution in [2.75, 3.05) is 6.54 Å². The third-order valence-corrected chi connectivity index (χ3v) is 2.65. The van der Waals surface area contributed by atoms with Crippen LogP contribution in [0.25, 0.3) is 5.82 Å². The Morgan fingerprint density at radius 1 is 1.42 bits per heavy atom. The summed E-state index contributed by atoms with van der Waals surface area (Å²) in [6, 6.07) is 5.61. The third kappa shape index (κ3) is 3.89. The number of nitrogens with two attached hydrogens (primary N) is 1. The molecule has 0 fully saturated rings. The van der Waals surface area contributed by atoms with Gasteiger partial charge in [0.05, 0.1) is 0 Å². The fourth-order valence-electron chi connectivity index (χ4n) is 1.65. The fraction of sp³-hybridized carbons (Fsp3) is 0.308. The molecule has 6 heteroatoms. The third-order valence-electron chi connectivity index (χ3n) is 2.65. The van der Waals surface area contributed by atoms with Crippen molar-refractivity contribution in [3.63, 3.8) is 0 Å². The molecule has 2 aromatic rings. The van der Waals surface area contributed by atoms with Gasteiger partial charge in [-0.25, -0.2) is 9.67 Å². The summed E-state index contributed by atoms with van der Waals surface area (Å²) >= 11 is 0. The van der Waals surface area contributed by atoms with Crippen LogP contribution in [0, 0.1) is 0 Å². The first-order chi connectivity index (χ1) is 9.29. The van der Waals surface area contributed by atoms with Crippen LogP contribution in [-0.2, 0) is 11.3 Å². The number of hydrogen-bond donors (Lipinski definition) is 2. The highest BCUT2D eigenvalue weighted by Crippen LogP contribution is 2.06. The summed E-state index contributed by atoms with van der Waals surface area (Å²) < 4.78 is 1.68. The van der Waals surface area contributed by atoms with Crippen LogP contribution in [0.2, 0.25) is 0 Å². The number of nitrogens with one attached hydrogen (secondary N) is 1. The topological polar surface area (TPSA) is 85.8 Å². The summed E-state index contributed by atoms with van der Waals surface area (Å²) in [7, 11) is 0. The highest BCUT2D eigenvalue weighted by atomic mass is 16.1. The minimum atomic E-state index is 0.0166. The molecule has 0 aliphatic rings. The smallest absolute Gasteiger partial charge is 0.220 e. The fourth-order valence-corrected chi connectivity index (χ4v) is 1.65. The molecule has 2 heterocycles. The van der Waals surface area contributed by atoms with Gasteiger partial charge in [0, 0.05) is 31.6 Å². The number of nitrogens with zero attached hydrogens (tertiary/aromatic N) is 3. The average molecular weight is 259 g/mol. The number of hydrogen-bond acceptors (Lipinski definition) is 4. The van der Waals surface area contributed by atoms with Crippen molar-refractivity contribution in [1.29, 1.82) is 0 Å². The molecule has 3 N–H and O–H groups in total. The van der Waals surface area contributed by atoms with Crippen molar-refractivity contribution in [2.24, 2.45) is 5.73 Å². The summed E-state index contributed by atoms with van der Waals surface area (Å²) in [5.41, 5.74) is 6.35. The van der Waals surface area contributed by atoms with Gasteiger partial charge in [-0.2, -0.15) is 5.10 Å². The van der Waals surface area contributed by atoms with E-state index in [2.05, 4.69) is 15.4 Å². The van der Waals surface area contributed by atoms with Crippen LogP contribution in [0.1, 0.15) is 18.4 Å². The van der Waals surface area contributed by atoms with E-state index in [0.29, 0.717) is 25.9 Å². The summed E-state index contributed by atoms with van der Waals surface area (Å²) in [5, 5.41) is 6.97. The molecule has 0 aromatic carbocycles. The molecule has 0 aliphatic carbocycles. The maximum absolute atomic E-state index is 11.5. The van der Waals surface area contributed by atoms with Crippen LogP contribution in [0.3, 0.4) is 0 Å². The molecule has 0 radical (unpaired) electrons. The summed E-state index contributed by atoms with van der Waals surface area (Å²) in [6.07, 6.45) is 6.40. The Labute approximate surface area is 111 Å². The number of carbonyl (C=O) groups excluding carboxylic acids is 1. The second-order valence-corrected chi connectivity index (χ2v) is 4.14. The van der Waals surface area contributed by atoms with Crippen molar-refractivity contribution in [2.45, 2.75) is 19.4 Å². The number of pyridine rings is 1. The second-order valence-electron chi connectivity index (χ2n) is 4.14. The Morgan fingerprint density at radius 2 is 2.32 bits per heavy atom. The Hall–Kier alpha value is -2.21. The normalized spacial score (nSPS) is 10.4. The molecule has 0 aliphatic heterocycles.